The molecule has 1 aromatic carbocycles. The molecule has 1 unspecified atom stereocenters. The van der Waals surface area contributed by atoms with Gasteiger partial charge in [0, 0.05) is 25.4 Å². The Bertz CT molecular complexity index is 392. The summed E-state index contributed by atoms with van der Waals surface area (Å²) in [6.45, 7) is 3.03. The largest absolute Gasteiger partial charge is 0.494 e. The van der Waals surface area contributed by atoms with Crippen LogP contribution in [0.15, 0.2) is 24.3 Å². The van der Waals surface area contributed by atoms with Gasteiger partial charge in [-0.15, -0.1) is 0 Å². The fraction of sp³-hybridized carbons (Fsp3) is 0.500. The lowest BCUT2D eigenvalue weighted by Crippen LogP contribution is -2.28. The molecule has 0 aliphatic rings. The zero-order chi connectivity index (χ0) is 14.1. The highest BCUT2D eigenvalue weighted by atomic mass is 16.5. The maximum Gasteiger partial charge on any atom is 0.227 e. The molecule has 0 fully saturated rings. The van der Waals surface area contributed by atoms with E-state index in [0.29, 0.717) is 18.8 Å². The van der Waals surface area contributed by atoms with Gasteiger partial charge in [-0.1, -0.05) is 13.0 Å². The van der Waals surface area contributed by atoms with Gasteiger partial charge >= 0.3 is 0 Å². The molecule has 1 aromatic rings. The van der Waals surface area contributed by atoms with E-state index >= 15 is 0 Å². The number of carbonyl (C=O) groups excluding carboxylic acids is 1. The molecular weight excluding hydrogens is 244 g/mol. The first-order valence-corrected chi connectivity index (χ1v) is 6.45. The average Bonchev–Trinajstić information content (AvgIpc) is 2.43. The van der Waals surface area contributed by atoms with E-state index in [9.17, 15) is 4.79 Å². The molecule has 0 aliphatic heterocycles. The molecular formula is C14H22N2O3. The monoisotopic (exact) mass is 266 g/mol. The maximum absolute atomic E-state index is 11.8. The number of carbonyl (C=O) groups is 1. The van der Waals surface area contributed by atoms with Crippen molar-refractivity contribution in [2.75, 3.05) is 25.6 Å². The second-order valence-corrected chi connectivity index (χ2v) is 4.22. The number of nitrogens with two attached hydrogens (primary N) is 1. The van der Waals surface area contributed by atoms with Crippen molar-refractivity contribution in [2.45, 2.75) is 25.9 Å². The number of anilines is 1. The van der Waals surface area contributed by atoms with Gasteiger partial charge in [0.15, 0.2) is 0 Å². The van der Waals surface area contributed by atoms with Crippen molar-refractivity contribution >= 4 is 11.6 Å². The Labute approximate surface area is 114 Å². The molecule has 0 heterocycles. The number of benzene rings is 1. The van der Waals surface area contributed by atoms with E-state index in [1.165, 1.54) is 0 Å². The van der Waals surface area contributed by atoms with Gasteiger partial charge in [-0.3, -0.25) is 4.79 Å². The Balaban J connectivity index is 2.53. The fourth-order valence-electron chi connectivity index (χ4n) is 1.57. The molecule has 1 rings (SSSR count). The highest BCUT2D eigenvalue weighted by Crippen LogP contribution is 2.17. The van der Waals surface area contributed by atoms with Crippen molar-refractivity contribution in [1.29, 1.82) is 0 Å². The molecule has 1 amide bonds. The van der Waals surface area contributed by atoms with Gasteiger partial charge in [-0.25, -0.2) is 0 Å². The second-order valence-electron chi connectivity index (χ2n) is 4.22. The van der Waals surface area contributed by atoms with Crippen LogP contribution in [-0.4, -0.2) is 32.3 Å². The van der Waals surface area contributed by atoms with Gasteiger partial charge in [0.1, 0.15) is 5.75 Å². The first-order chi connectivity index (χ1) is 9.19. The lowest BCUT2D eigenvalue weighted by Gasteiger charge is -2.13. The van der Waals surface area contributed by atoms with Crippen LogP contribution < -0.4 is 15.8 Å². The smallest absolute Gasteiger partial charge is 0.227 e. The lowest BCUT2D eigenvalue weighted by molar-refractivity contribution is -0.118. The molecule has 19 heavy (non-hydrogen) atoms. The summed E-state index contributed by atoms with van der Waals surface area (Å²) in [4.78, 5) is 11.8. The van der Waals surface area contributed by atoms with Crippen molar-refractivity contribution in [3.63, 3.8) is 0 Å². The van der Waals surface area contributed by atoms with E-state index in [2.05, 4.69) is 5.32 Å². The van der Waals surface area contributed by atoms with E-state index in [0.717, 1.165) is 12.2 Å². The third-order valence-corrected chi connectivity index (χ3v) is 2.60. The van der Waals surface area contributed by atoms with Crippen molar-refractivity contribution in [3.8, 4) is 5.75 Å². The summed E-state index contributed by atoms with van der Waals surface area (Å²) in [5.41, 5.74) is 6.19. The number of ether oxygens (including phenoxy) is 2. The molecule has 0 saturated heterocycles. The minimum absolute atomic E-state index is 0.120. The van der Waals surface area contributed by atoms with E-state index in [1.54, 1.807) is 13.2 Å². The third kappa shape index (κ3) is 5.72. The van der Waals surface area contributed by atoms with Crippen LogP contribution in [0.25, 0.3) is 0 Å². The normalized spacial score (nSPS) is 11.9. The summed E-state index contributed by atoms with van der Waals surface area (Å²) in [7, 11) is 1.55. The summed E-state index contributed by atoms with van der Waals surface area (Å²) in [6.07, 6.45) is 0.940. The highest BCUT2D eigenvalue weighted by molar-refractivity contribution is 5.91. The number of rotatable bonds is 8. The van der Waals surface area contributed by atoms with Gasteiger partial charge in [0.05, 0.1) is 19.1 Å². The summed E-state index contributed by atoms with van der Waals surface area (Å²) in [6, 6.07) is 7.33. The van der Waals surface area contributed by atoms with Crippen LogP contribution in [0.4, 0.5) is 5.69 Å². The van der Waals surface area contributed by atoms with Gasteiger partial charge in [0.2, 0.25) is 5.91 Å². The predicted octanol–water partition coefficient (Wildman–Crippen LogP) is 1.78. The van der Waals surface area contributed by atoms with Crippen molar-refractivity contribution in [2.24, 2.45) is 5.73 Å². The predicted molar refractivity (Wildman–Crippen MR) is 75.3 cm³/mol. The Morgan fingerprint density at radius 2 is 2.26 bits per heavy atom. The summed E-state index contributed by atoms with van der Waals surface area (Å²) < 4.78 is 10.6. The second kappa shape index (κ2) is 8.50. The number of nitrogens with one attached hydrogen (secondary N) is 1. The van der Waals surface area contributed by atoms with Gasteiger partial charge in [-0.2, -0.15) is 0 Å². The molecule has 0 saturated carbocycles. The molecule has 0 aromatic heterocycles. The van der Waals surface area contributed by atoms with E-state index in [1.807, 2.05) is 25.1 Å². The molecule has 5 nitrogen and oxygen atoms in total. The molecule has 106 valence electrons. The van der Waals surface area contributed by atoms with E-state index in [-0.39, 0.29) is 18.4 Å². The minimum Gasteiger partial charge on any atom is -0.494 e. The Hall–Kier alpha value is -1.59. The third-order valence-electron chi connectivity index (χ3n) is 2.60. The molecule has 0 aliphatic carbocycles. The van der Waals surface area contributed by atoms with Crippen LogP contribution in [0.2, 0.25) is 0 Å². The topological polar surface area (TPSA) is 73.6 Å². The number of hydrogen-bond donors (Lipinski definition) is 2. The van der Waals surface area contributed by atoms with Crippen LogP contribution in [0.3, 0.4) is 0 Å². The zero-order valence-electron chi connectivity index (χ0n) is 11.5. The van der Waals surface area contributed by atoms with Gasteiger partial charge < -0.3 is 20.5 Å². The summed E-state index contributed by atoms with van der Waals surface area (Å²) in [5.74, 6) is 0.631. The number of hydrogen-bond acceptors (Lipinski definition) is 4. The van der Waals surface area contributed by atoms with Crippen LogP contribution >= 0.6 is 0 Å². The number of amides is 1. The molecule has 0 radical (unpaired) electrons. The molecule has 0 bridgehead atoms. The van der Waals surface area contributed by atoms with Crippen molar-refractivity contribution in [3.05, 3.63) is 24.3 Å². The quantitative estimate of drug-likeness (QED) is 0.752. The standard InChI is InChI=1S/C14H22N2O3/c1-3-7-19-12-6-4-5-11(8-12)16-14(17)9-13(10-15)18-2/h4-6,8,13H,3,7,9-10,15H2,1-2H3,(H,16,17). The summed E-state index contributed by atoms with van der Waals surface area (Å²) >= 11 is 0. The molecule has 5 heteroatoms. The fourth-order valence-corrected chi connectivity index (χ4v) is 1.57. The van der Waals surface area contributed by atoms with Gasteiger partial charge in [0.25, 0.3) is 0 Å². The lowest BCUT2D eigenvalue weighted by atomic mass is 10.2. The first-order valence-electron chi connectivity index (χ1n) is 6.45. The maximum atomic E-state index is 11.8. The number of methoxy groups -OCH3 is 1. The summed E-state index contributed by atoms with van der Waals surface area (Å²) in [5, 5.41) is 2.80. The van der Waals surface area contributed by atoms with Gasteiger partial charge in [-0.05, 0) is 18.6 Å². The highest BCUT2D eigenvalue weighted by Gasteiger charge is 2.11. The Morgan fingerprint density at radius 3 is 2.89 bits per heavy atom. The Morgan fingerprint density at radius 1 is 1.47 bits per heavy atom. The van der Waals surface area contributed by atoms with E-state index in [4.69, 9.17) is 15.2 Å². The van der Waals surface area contributed by atoms with Crippen LogP contribution in [0.5, 0.6) is 5.75 Å². The van der Waals surface area contributed by atoms with Crippen molar-refractivity contribution in [1.82, 2.24) is 0 Å². The molecule has 1 atom stereocenters. The molecule has 0 spiro atoms. The Kier molecular flexibility index (Phi) is 6.92. The minimum atomic E-state index is -0.250. The average molecular weight is 266 g/mol. The zero-order valence-corrected chi connectivity index (χ0v) is 11.5. The van der Waals surface area contributed by atoms with Crippen LogP contribution in [-0.2, 0) is 9.53 Å². The van der Waals surface area contributed by atoms with Crippen LogP contribution in [0, 0.1) is 0 Å². The van der Waals surface area contributed by atoms with E-state index < -0.39 is 0 Å². The molecule has 3 N–H and O–H groups in total. The SMILES string of the molecule is CCCOc1cccc(NC(=O)CC(CN)OC)c1. The first kappa shape index (κ1) is 15.5. The van der Waals surface area contributed by atoms with Crippen LogP contribution in [0.1, 0.15) is 19.8 Å². The van der Waals surface area contributed by atoms with Crippen molar-refractivity contribution < 1.29 is 14.3 Å².